The number of nitrogens with two attached hydrogens (primary N) is 3. The number of nitrogens with zero attached hydrogens (tertiary/aromatic N) is 3. The van der Waals surface area contributed by atoms with Crippen LogP contribution in [0, 0.1) is 11.3 Å². The van der Waals surface area contributed by atoms with Crippen molar-refractivity contribution in [1.82, 2.24) is 0 Å². The molecule has 0 unspecified atom stereocenters. The van der Waals surface area contributed by atoms with Crippen LogP contribution in [-0.4, -0.2) is 11.9 Å². The van der Waals surface area contributed by atoms with Gasteiger partial charge in [0.25, 0.3) is 0 Å². The molecule has 0 spiro atoms. The van der Waals surface area contributed by atoms with Gasteiger partial charge in [-0.15, -0.1) is 0 Å². The van der Waals surface area contributed by atoms with E-state index in [9.17, 15) is 0 Å². The van der Waals surface area contributed by atoms with Gasteiger partial charge in [0, 0.05) is 0 Å². The van der Waals surface area contributed by atoms with Gasteiger partial charge in [-0.25, -0.2) is 4.99 Å². The molecule has 6 nitrogen and oxygen atoms in total. The van der Waals surface area contributed by atoms with Crippen molar-refractivity contribution >= 4 is 29.2 Å². The van der Waals surface area contributed by atoms with Gasteiger partial charge in [-0.3, -0.25) is 0 Å². The van der Waals surface area contributed by atoms with E-state index in [4.69, 9.17) is 34.1 Å². The van der Waals surface area contributed by atoms with Crippen molar-refractivity contribution < 1.29 is 0 Å². The number of hydrogen-bond acceptors (Lipinski definition) is 2. The first kappa shape index (κ1) is 11.8. The van der Waals surface area contributed by atoms with Gasteiger partial charge in [0.2, 0.25) is 5.96 Å². The molecule has 0 aliphatic carbocycles. The van der Waals surface area contributed by atoms with Gasteiger partial charge in [-0.05, 0) is 18.2 Å². The molecular weight excluding hydrogens is 228 g/mol. The van der Waals surface area contributed by atoms with Crippen molar-refractivity contribution in [3.8, 4) is 6.07 Å². The molecule has 82 valence electrons. The summed E-state index contributed by atoms with van der Waals surface area (Å²) in [6, 6.07) is 6.54. The van der Waals surface area contributed by atoms with E-state index in [1.807, 2.05) is 6.07 Å². The quantitative estimate of drug-likeness (QED) is 0.483. The van der Waals surface area contributed by atoms with E-state index in [0.717, 1.165) is 0 Å². The topological polar surface area (TPSA) is 127 Å². The van der Waals surface area contributed by atoms with Gasteiger partial charge in [-0.2, -0.15) is 10.3 Å². The molecule has 0 aliphatic rings. The van der Waals surface area contributed by atoms with Crippen molar-refractivity contribution in [2.24, 2.45) is 27.2 Å². The molecule has 0 radical (unpaired) electrons. The van der Waals surface area contributed by atoms with Crippen LogP contribution in [-0.2, 0) is 0 Å². The fraction of sp³-hybridized carbons (Fsp3) is 0. The maximum atomic E-state index is 8.66. The molecule has 16 heavy (non-hydrogen) atoms. The largest absolute Gasteiger partial charge is 0.370 e. The summed E-state index contributed by atoms with van der Waals surface area (Å²) in [5, 5.41) is 8.95. The highest BCUT2D eigenvalue weighted by Gasteiger charge is 2.00. The van der Waals surface area contributed by atoms with Crippen LogP contribution >= 0.6 is 11.6 Å². The Bertz CT molecular complexity index is 495. The van der Waals surface area contributed by atoms with E-state index in [0.29, 0.717) is 16.3 Å². The van der Waals surface area contributed by atoms with E-state index in [1.165, 1.54) is 12.1 Å². The predicted octanol–water partition coefficient (Wildman–Crippen LogP) is 0.431. The lowest BCUT2D eigenvalue weighted by Crippen LogP contribution is -2.26. The molecule has 0 saturated heterocycles. The van der Waals surface area contributed by atoms with Crippen LogP contribution in [0.5, 0.6) is 0 Å². The Balaban J connectivity index is 3.04. The number of guanidine groups is 2. The highest BCUT2D eigenvalue weighted by atomic mass is 35.5. The second-order valence-electron chi connectivity index (χ2n) is 2.78. The molecule has 0 aliphatic heterocycles. The normalized spacial score (nSPS) is 10.6. The van der Waals surface area contributed by atoms with Crippen LogP contribution in [0.15, 0.2) is 28.2 Å². The van der Waals surface area contributed by atoms with Crippen LogP contribution in [0.25, 0.3) is 0 Å². The number of nitriles is 1. The summed E-state index contributed by atoms with van der Waals surface area (Å²) in [7, 11) is 0. The maximum Gasteiger partial charge on any atom is 0.223 e. The molecular formula is C9H9ClN6. The number of rotatable bonds is 1. The lowest BCUT2D eigenvalue weighted by molar-refractivity contribution is 1.38. The van der Waals surface area contributed by atoms with E-state index < -0.39 is 0 Å². The zero-order valence-corrected chi connectivity index (χ0v) is 8.94. The lowest BCUT2D eigenvalue weighted by Gasteiger charge is -1.98. The van der Waals surface area contributed by atoms with Gasteiger partial charge in [0.1, 0.15) is 6.07 Å². The molecule has 7 heteroatoms. The Morgan fingerprint density at radius 3 is 2.50 bits per heavy atom. The van der Waals surface area contributed by atoms with E-state index in [1.54, 1.807) is 6.07 Å². The Morgan fingerprint density at radius 1 is 1.31 bits per heavy atom. The number of aliphatic imine (C=N–C) groups is 2. The zero-order chi connectivity index (χ0) is 12.1. The molecule has 1 rings (SSSR count). The minimum absolute atomic E-state index is 0.0826. The average molecular weight is 237 g/mol. The molecule has 1 aromatic rings. The SMILES string of the molecule is N#Cc1ccc(N=C(N)N=C(N)N)cc1Cl. The van der Waals surface area contributed by atoms with Crippen molar-refractivity contribution in [1.29, 1.82) is 5.26 Å². The Kier molecular flexibility index (Phi) is 3.69. The Morgan fingerprint density at radius 2 is 2.00 bits per heavy atom. The van der Waals surface area contributed by atoms with E-state index in [2.05, 4.69) is 9.98 Å². The highest BCUT2D eigenvalue weighted by molar-refractivity contribution is 6.32. The van der Waals surface area contributed by atoms with Crippen LogP contribution in [0.3, 0.4) is 0 Å². The summed E-state index contributed by atoms with van der Waals surface area (Å²) in [4.78, 5) is 7.43. The average Bonchev–Trinajstić information content (AvgIpc) is 2.16. The minimum atomic E-state index is -0.180. The molecule has 0 fully saturated rings. The van der Waals surface area contributed by atoms with Crippen molar-refractivity contribution in [2.75, 3.05) is 0 Å². The molecule has 0 saturated carbocycles. The fourth-order valence-electron chi connectivity index (χ4n) is 0.954. The summed E-state index contributed by atoms with van der Waals surface area (Å²) >= 11 is 5.80. The van der Waals surface area contributed by atoms with Crippen LogP contribution in [0.1, 0.15) is 5.56 Å². The number of halogens is 1. The van der Waals surface area contributed by atoms with Crippen LogP contribution in [0.2, 0.25) is 5.02 Å². The second kappa shape index (κ2) is 5.00. The Hall–Kier alpha value is -2.26. The summed E-state index contributed by atoms with van der Waals surface area (Å²) in [6.07, 6.45) is 0. The third-order valence-electron chi connectivity index (χ3n) is 1.56. The summed E-state index contributed by atoms with van der Waals surface area (Å²) in [6.45, 7) is 0. The van der Waals surface area contributed by atoms with Crippen molar-refractivity contribution in [3.05, 3.63) is 28.8 Å². The molecule has 0 heterocycles. The molecule has 0 amide bonds. The molecule has 0 aromatic heterocycles. The number of hydrogen-bond donors (Lipinski definition) is 3. The monoisotopic (exact) mass is 236 g/mol. The highest BCUT2D eigenvalue weighted by Crippen LogP contribution is 2.22. The third-order valence-corrected chi connectivity index (χ3v) is 1.87. The molecule has 6 N–H and O–H groups in total. The van der Waals surface area contributed by atoms with Gasteiger partial charge < -0.3 is 17.2 Å². The second-order valence-corrected chi connectivity index (χ2v) is 3.19. The van der Waals surface area contributed by atoms with Crippen LogP contribution in [0.4, 0.5) is 5.69 Å². The van der Waals surface area contributed by atoms with Gasteiger partial charge >= 0.3 is 0 Å². The summed E-state index contributed by atoms with van der Waals surface area (Å²) < 4.78 is 0. The van der Waals surface area contributed by atoms with E-state index in [-0.39, 0.29) is 11.9 Å². The first-order chi connectivity index (χ1) is 7.52. The van der Waals surface area contributed by atoms with E-state index >= 15 is 0 Å². The Labute approximate surface area is 97.0 Å². The van der Waals surface area contributed by atoms with Crippen molar-refractivity contribution in [3.63, 3.8) is 0 Å². The molecule has 1 aromatic carbocycles. The summed E-state index contributed by atoms with van der Waals surface area (Å²) in [5.41, 5.74) is 16.5. The third kappa shape index (κ3) is 3.15. The first-order valence-corrected chi connectivity index (χ1v) is 4.54. The smallest absolute Gasteiger partial charge is 0.223 e. The zero-order valence-electron chi connectivity index (χ0n) is 8.18. The predicted molar refractivity (Wildman–Crippen MR) is 63.3 cm³/mol. The molecule has 0 bridgehead atoms. The standard InChI is InChI=1S/C9H9ClN6/c10-7-3-6(2-1-5(7)4-11)15-9(14)16-8(12)13/h1-3H,(H6,12,13,14,15,16). The minimum Gasteiger partial charge on any atom is -0.370 e. The fourth-order valence-corrected chi connectivity index (χ4v) is 1.17. The summed E-state index contributed by atoms with van der Waals surface area (Å²) in [5.74, 6) is -0.262. The number of benzene rings is 1. The van der Waals surface area contributed by atoms with Crippen molar-refractivity contribution in [2.45, 2.75) is 0 Å². The van der Waals surface area contributed by atoms with Crippen LogP contribution < -0.4 is 17.2 Å². The molecule has 0 atom stereocenters. The maximum absolute atomic E-state index is 8.66. The first-order valence-electron chi connectivity index (χ1n) is 4.16. The van der Waals surface area contributed by atoms with Gasteiger partial charge in [0.05, 0.1) is 16.3 Å². The lowest BCUT2D eigenvalue weighted by atomic mass is 10.2. The van der Waals surface area contributed by atoms with Gasteiger partial charge in [-0.1, -0.05) is 11.6 Å². The van der Waals surface area contributed by atoms with Gasteiger partial charge in [0.15, 0.2) is 5.96 Å².